The third kappa shape index (κ3) is 4.50. The van der Waals surface area contributed by atoms with E-state index in [0.717, 1.165) is 11.1 Å². The molecule has 2 heterocycles. The highest BCUT2D eigenvalue weighted by atomic mass is 35.5. The number of amides is 1. The van der Waals surface area contributed by atoms with Crippen molar-refractivity contribution in [2.75, 3.05) is 19.1 Å². The third-order valence-corrected chi connectivity index (χ3v) is 6.46. The number of nitrogens with zero attached hydrogens (tertiary/aromatic N) is 3. The number of carbonyl (C=O) groups is 1. The molecule has 162 valence electrons. The SMILES string of the molecule is COc1ccc([C@@H]2Nn3c(nnc3-c3ccccc3)S[C@@H]2C(=O)NCC(C)C)cc1Cl. The fraction of sp³-hybridized carbons (Fsp3) is 0.318. The van der Waals surface area contributed by atoms with Gasteiger partial charge in [-0.15, -0.1) is 10.2 Å². The van der Waals surface area contributed by atoms with Gasteiger partial charge >= 0.3 is 0 Å². The number of carbonyl (C=O) groups excluding carboxylic acids is 1. The number of hydrogen-bond acceptors (Lipinski definition) is 6. The molecule has 0 bridgehead atoms. The summed E-state index contributed by atoms with van der Waals surface area (Å²) in [6, 6.07) is 15.0. The van der Waals surface area contributed by atoms with E-state index in [1.165, 1.54) is 11.8 Å². The second kappa shape index (κ2) is 9.20. The Kier molecular flexibility index (Phi) is 6.38. The molecule has 0 aliphatic carbocycles. The van der Waals surface area contributed by atoms with Crippen LogP contribution in [-0.4, -0.2) is 39.7 Å². The molecule has 1 aromatic heterocycles. The Morgan fingerprint density at radius 2 is 2.03 bits per heavy atom. The van der Waals surface area contributed by atoms with E-state index in [-0.39, 0.29) is 11.9 Å². The minimum atomic E-state index is -0.441. The Labute approximate surface area is 190 Å². The lowest BCUT2D eigenvalue weighted by atomic mass is 10.0. The highest BCUT2D eigenvalue weighted by molar-refractivity contribution is 8.00. The molecule has 2 N–H and O–H groups in total. The van der Waals surface area contributed by atoms with Gasteiger partial charge in [0.25, 0.3) is 0 Å². The molecule has 9 heteroatoms. The van der Waals surface area contributed by atoms with E-state index in [4.69, 9.17) is 16.3 Å². The molecule has 7 nitrogen and oxygen atoms in total. The first kappa shape index (κ1) is 21.5. The van der Waals surface area contributed by atoms with Crippen molar-refractivity contribution in [1.29, 1.82) is 0 Å². The van der Waals surface area contributed by atoms with Crippen LogP contribution in [0, 0.1) is 5.92 Å². The number of benzene rings is 2. The average molecular weight is 458 g/mol. The van der Waals surface area contributed by atoms with E-state index < -0.39 is 5.25 Å². The van der Waals surface area contributed by atoms with Crippen molar-refractivity contribution in [3.63, 3.8) is 0 Å². The molecule has 1 aliphatic heterocycles. The molecule has 0 saturated heterocycles. The van der Waals surface area contributed by atoms with Crippen molar-refractivity contribution < 1.29 is 9.53 Å². The Bertz CT molecular complexity index is 1070. The second-order valence-electron chi connectivity index (χ2n) is 7.69. The highest BCUT2D eigenvalue weighted by Crippen LogP contribution is 2.40. The molecule has 0 unspecified atom stereocenters. The molecule has 1 amide bonds. The van der Waals surface area contributed by atoms with Gasteiger partial charge in [-0.25, -0.2) is 4.68 Å². The van der Waals surface area contributed by atoms with Crippen LogP contribution >= 0.6 is 23.4 Å². The summed E-state index contributed by atoms with van der Waals surface area (Å²) in [5.74, 6) is 1.57. The molecule has 2 aromatic carbocycles. The molecular formula is C22H24ClN5O2S. The third-order valence-electron chi connectivity index (χ3n) is 4.95. The van der Waals surface area contributed by atoms with E-state index >= 15 is 0 Å². The number of thioether (sulfide) groups is 1. The second-order valence-corrected chi connectivity index (χ2v) is 9.20. The topological polar surface area (TPSA) is 81.1 Å². The van der Waals surface area contributed by atoms with Crippen molar-refractivity contribution in [2.45, 2.75) is 30.3 Å². The molecule has 31 heavy (non-hydrogen) atoms. The van der Waals surface area contributed by atoms with Crippen LogP contribution in [0.4, 0.5) is 0 Å². The zero-order chi connectivity index (χ0) is 22.0. The maximum Gasteiger partial charge on any atom is 0.236 e. The van der Waals surface area contributed by atoms with Gasteiger partial charge in [-0.2, -0.15) is 0 Å². The molecular weight excluding hydrogens is 434 g/mol. The first-order valence-corrected chi connectivity index (χ1v) is 11.3. The standard InChI is InChI=1S/C22H24ClN5O2S/c1-13(2)12-24-21(29)19-18(15-9-10-17(30-3)16(23)11-15)27-28-20(25-26-22(28)31-19)14-7-5-4-6-8-14/h4-11,13,18-19,27H,12H2,1-3H3,(H,24,29)/t18-,19-/m0/s1. The minimum Gasteiger partial charge on any atom is -0.495 e. The normalized spacial score (nSPS) is 17.7. The summed E-state index contributed by atoms with van der Waals surface area (Å²) in [6.45, 7) is 4.74. The van der Waals surface area contributed by atoms with Crippen molar-refractivity contribution >= 4 is 29.3 Å². The quantitative estimate of drug-likeness (QED) is 0.579. The maximum atomic E-state index is 13.1. The van der Waals surface area contributed by atoms with Gasteiger partial charge < -0.3 is 15.5 Å². The predicted octanol–water partition coefficient (Wildman–Crippen LogP) is 4.14. The van der Waals surface area contributed by atoms with Crippen LogP contribution in [0.5, 0.6) is 5.75 Å². The van der Waals surface area contributed by atoms with Gasteiger partial charge in [0.15, 0.2) is 5.82 Å². The van der Waals surface area contributed by atoms with E-state index in [9.17, 15) is 4.79 Å². The lowest BCUT2D eigenvalue weighted by molar-refractivity contribution is -0.121. The smallest absolute Gasteiger partial charge is 0.236 e. The molecule has 3 aromatic rings. The van der Waals surface area contributed by atoms with E-state index in [1.807, 2.05) is 53.2 Å². The number of ether oxygens (including phenoxy) is 1. The Balaban J connectivity index is 1.72. The van der Waals surface area contributed by atoms with Gasteiger partial charge in [0.2, 0.25) is 11.1 Å². The summed E-state index contributed by atoms with van der Waals surface area (Å²) >= 11 is 7.78. The Morgan fingerprint density at radius 3 is 2.71 bits per heavy atom. The van der Waals surface area contributed by atoms with Crippen molar-refractivity contribution in [3.05, 3.63) is 59.1 Å². The van der Waals surface area contributed by atoms with Crippen LogP contribution in [0.25, 0.3) is 11.4 Å². The van der Waals surface area contributed by atoms with Crippen LogP contribution < -0.4 is 15.5 Å². The van der Waals surface area contributed by atoms with Crippen molar-refractivity contribution in [2.24, 2.45) is 5.92 Å². The summed E-state index contributed by atoms with van der Waals surface area (Å²) in [4.78, 5) is 13.1. The van der Waals surface area contributed by atoms with Gasteiger partial charge in [0.05, 0.1) is 18.2 Å². The number of nitrogens with one attached hydrogen (secondary N) is 2. The molecule has 0 spiro atoms. The number of methoxy groups -OCH3 is 1. The van der Waals surface area contributed by atoms with Gasteiger partial charge in [0.1, 0.15) is 11.0 Å². The summed E-state index contributed by atoms with van der Waals surface area (Å²) in [7, 11) is 1.58. The van der Waals surface area contributed by atoms with Gasteiger partial charge in [-0.05, 0) is 23.6 Å². The molecule has 0 fully saturated rings. The van der Waals surface area contributed by atoms with Gasteiger partial charge in [-0.3, -0.25) is 4.79 Å². The molecule has 4 rings (SSSR count). The van der Waals surface area contributed by atoms with Crippen LogP contribution in [0.2, 0.25) is 5.02 Å². The predicted molar refractivity (Wildman–Crippen MR) is 123 cm³/mol. The largest absolute Gasteiger partial charge is 0.495 e. The molecule has 0 saturated carbocycles. The molecule has 0 radical (unpaired) electrons. The monoisotopic (exact) mass is 457 g/mol. The van der Waals surface area contributed by atoms with Gasteiger partial charge in [-0.1, -0.05) is 73.6 Å². The zero-order valence-corrected chi connectivity index (χ0v) is 19.1. The van der Waals surface area contributed by atoms with Crippen molar-refractivity contribution in [3.8, 4) is 17.1 Å². The summed E-state index contributed by atoms with van der Waals surface area (Å²) < 4.78 is 7.13. The summed E-state index contributed by atoms with van der Waals surface area (Å²) in [6.07, 6.45) is 0. The summed E-state index contributed by atoms with van der Waals surface area (Å²) in [5.41, 5.74) is 5.26. The van der Waals surface area contributed by atoms with E-state index in [1.54, 1.807) is 7.11 Å². The number of rotatable bonds is 6. The lowest BCUT2D eigenvalue weighted by Gasteiger charge is -2.33. The Hall–Kier alpha value is -2.71. The molecule has 1 aliphatic rings. The Morgan fingerprint density at radius 1 is 1.26 bits per heavy atom. The molecule has 2 atom stereocenters. The van der Waals surface area contributed by atoms with Crippen LogP contribution in [0.1, 0.15) is 25.5 Å². The number of fused-ring (bicyclic) bond motifs is 1. The van der Waals surface area contributed by atoms with E-state index in [0.29, 0.717) is 34.2 Å². The number of hydrogen-bond donors (Lipinski definition) is 2. The minimum absolute atomic E-state index is 0.0568. The average Bonchev–Trinajstić information content (AvgIpc) is 3.20. The van der Waals surface area contributed by atoms with E-state index in [2.05, 4.69) is 34.8 Å². The summed E-state index contributed by atoms with van der Waals surface area (Å²) in [5, 5.41) is 12.4. The lowest BCUT2D eigenvalue weighted by Crippen LogP contribution is -2.44. The van der Waals surface area contributed by atoms with Gasteiger partial charge in [0, 0.05) is 12.1 Å². The van der Waals surface area contributed by atoms with Crippen LogP contribution in [-0.2, 0) is 4.79 Å². The highest BCUT2D eigenvalue weighted by Gasteiger charge is 2.38. The van der Waals surface area contributed by atoms with Crippen molar-refractivity contribution in [1.82, 2.24) is 20.2 Å². The fourth-order valence-corrected chi connectivity index (χ4v) is 4.73. The maximum absolute atomic E-state index is 13.1. The first-order valence-electron chi connectivity index (χ1n) is 10.0. The number of halogens is 1. The number of aromatic nitrogens is 3. The van der Waals surface area contributed by atoms with Crippen LogP contribution in [0.15, 0.2) is 53.7 Å². The fourth-order valence-electron chi connectivity index (χ4n) is 3.36. The zero-order valence-electron chi connectivity index (χ0n) is 17.5. The van der Waals surface area contributed by atoms with Crippen LogP contribution in [0.3, 0.4) is 0 Å². The first-order chi connectivity index (χ1) is 15.0.